The average Bonchev–Trinajstić information content (AvgIpc) is 3.10. The van der Waals surface area contributed by atoms with Crippen LogP contribution in [0.4, 0.5) is 16.2 Å². The average molecular weight is 339 g/mol. The summed E-state index contributed by atoms with van der Waals surface area (Å²) < 4.78 is 5.71. The molecule has 6 heteroatoms. The molecule has 0 saturated heterocycles. The Morgan fingerprint density at radius 2 is 1.88 bits per heavy atom. The summed E-state index contributed by atoms with van der Waals surface area (Å²) in [5.41, 5.74) is 6.97. The van der Waals surface area contributed by atoms with Crippen LogP contribution in [-0.4, -0.2) is 6.03 Å². The third-order valence-electron chi connectivity index (χ3n) is 3.25. The number of nitrogens with one attached hydrogen (secondary N) is 2. The van der Waals surface area contributed by atoms with E-state index in [4.69, 9.17) is 10.5 Å². The lowest BCUT2D eigenvalue weighted by atomic mass is 10.2. The molecule has 0 spiro atoms. The summed E-state index contributed by atoms with van der Waals surface area (Å²) in [5.74, 6) is 1.34. The molecule has 0 aliphatic carbocycles. The van der Waals surface area contributed by atoms with E-state index in [9.17, 15) is 4.79 Å². The highest BCUT2D eigenvalue weighted by Crippen LogP contribution is 2.27. The van der Waals surface area contributed by atoms with Gasteiger partial charge in [-0.25, -0.2) is 4.79 Å². The predicted molar refractivity (Wildman–Crippen MR) is 97.5 cm³/mol. The van der Waals surface area contributed by atoms with Crippen LogP contribution in [0.3, 0.4) is 0 Å². The first-order chi connectivity index (χ1) is 11.7. The number of hydrogen-bond donors (Lipinski definition) is 3. The van der Waals surface area contributed by atoms with Gasteiger partial charge in [-0.15, -0.1) is 11.3 Å². The van der Waals surface area contributed by atoms with Crippen LogP contribution in [0.2, 0.25) is 0 Å². The molecule has 0 radical (unpaired) electrons. The van der Waals surface area contributed by atoms with Crippen molar-refractivity contribution < 1.29 is 9.53 Å². The van der Waals surface area contributed by atoms with Crippen LogP contribution in [-0.2, 0) is 6.54 Å². The van der Waals surface area contributed by atoms with E-state index in [0.29, 0.717) is 23.7 Å². The predicted octanol–water partition coefficient (Wildman–Crippen LogP) is 4.44. The third kappa shape index (κ3) is 4.27. The summed E-state index contributed by atoms with van der Waals surface area (Å²) in [7, 11) is 0. The summed E-state index contributed by atoms with van der Waals surface area (Å²) in [6, 6.07) is 18.2. The van der Waals surface area contributed by atoms with Gasteiger partial charge in [-0.3, -0.25) is 0 Å². The second kappa shape index (κ2) is 7.52. The van der Waals surface area contributed by atoms with Crippen molar-refractivity contribution in [1.82, 2.24) is 5.32 Å². The van der Waals surface area contributed by atoms with Crippen LogP contribution < -0.4 is 21.1 Å². The van der Waals surface area contributed by atoms with Crippen molar-refractivity contribution in [3.63, 3.8) is 0 Å². The van der Waals surface area contributed by atoms with Crippen molar-refractivity contribution >= 4 is 28.7 Å². The van der Waals surface area contributed by atoms with Crippen LogP contribution in [0, 0.1) is 0 Å². The summed E-state index contributed by atoms with van der Waals surface area (Å²) >= 11 is 1.59. The quantitative estimate of drug-likeness (QED) is 0.601. The minimum absolute atomic E-state index is 0.299. The second-order valence-electron chi connectivity index (χ2n) is 5.05. The van der Waals surface area contributed by atoms with E-state index in [1.54, 1.807) is 29.5 Å². The minimum Gasteiger partial charge on any atom is -0.457 e. The summed E-state index contributed by atoms with van der Waals surface area (Å²) in [4.78, 5) is 13.0. The van der Waals surface area contributed by atoms with Gasteiger partial charge >= 0.3 is 6.03 Å². The maximum atomic E-state index is 11.9. The molecule has 0 aliphatic rings. The number of rotatable bonds is 5. The number of amides is 2. The molecular weight excluding hydrogens is 322 g/mol. The lowest BCUT2D eigenvalue weighted by Gasteiger charge is -2.11. The largest absolute Gasteiger partial charge is 0.457 e. The molecule has 3 rings (SSSR count). The summed E-state index contributed by atoms with van der Waals surface area (Å²) in [5, 5.41) is 7.50. The Labute approximate surface area is 144 Å². The Balaban J connectivity index is 1.59. The SMILES string of the molecule is Nc1cc(Oc2ccccc2)ccc1NC(=O)NCc1cccs1. The van der Waals surface area contributed by atoms with E-state index in [2.05, 4.69) is 10.6 Å². The zero-order valence-corrected chi connectivity index (χ0v) is 13.7. The van der Waals surface area contributed by atoms with Gasteiger partial charge in [0.1, 0.15) is 11.5 Å². The molecular formula is C18H17N3O2S. The number of nitrogen functional groups attached to an aromatic ring is 1. The fourth-order valence-electron chi connectivity index (χ4n) is 2.09. The van der Waals surface area contributed by atoms with E-state index in [0.717, 1.165) is 10.6 Å². The highest BCUT2D eigenvalue weighted by molar-refractivity contribution is 7.09. The lowest BCUT2D eigenvalue weighted by molar-refractivity contribution is 0.252. The van der Waals surface area contributed by atoms with Crippen molar-refractivity contribution in [2.45, 2.75) is 6.54 Å². The molecule has 24 heavy (non-hydrogen) atoms. The van der Waals surface area contributed by atoms with Gasteiger partial charge in [0, 0.05) is 10.9 Å². The topological polar surface area (TPSA) is 76.4 Å². The first-order valence-corrected chi connectivity index (χ1v) is 8.28. The molecule has 0 bridgehead atoms. The van der Waals surface area contributed by atoms with Crippen molar-refractivity contribution in [2.24, 2.45) is 0 Å². The Bertz CT molecular complexity index is 804. The molecule has 0 unspecified atom stereocenters. The summed E-state index contributed by atoms with van der Waals surface area (Å²) in [6.07, 6.45) is 0. The second-order valence-corrected chi connectivity index (χ2v) is 6.08. The minimum atomic E-state index is -0.299. The Morgan fingerprint density at radius 1 is 1.04 bits per heavy atom. The van der Waals surface area contributed by atoms with Gasteiger partial charge in [0.25, 0.3) is 0 Å². The third-order valence-corrected chi connectivity index (χ3v) is 4.13. The first-order valence-electron chi connectivity index (χ1n) is 7.40. The number of thiophene rings is 1. The molecule has 2 aromatic carbocycles. The molecule has 1 aromatic heterocycles. The maximum Gasteiger partial charge on any atom is 0.319 e. The van der Waals surface area contributed by atoms with Gasteiger partial charge in [-0.2, -0.15) is 0 Å². The number of ether oxygens (including phenoxy) is 1. The van der Waals surface area contributed by atoms with Crippen molar-refractivity contribution in [3.8, 4) is 11.5 Å². The Morgan fingerprint density at radius 3 is 2.58 bits per heavy atom. The highest BCUT2D eigenvalue weighted by atomic mass is 32.1. The Hall–Kier alpha value is -2.99. The molecule has 0 saturated carbocycles. The number of anilines is 2. The van der Waals surface area contributed by atoms with Crippen LogP contribution in [0.25, 0.3) is 0 Å². The van der Waals surface area contributed by atoms with E-state index < -0.39 is 0 Å². The first kappa shape index (κ1) is 15.9. The van der Waals surface area contributed by atoms with Gasteiger partial charge in [0.15, 0.2) is 0 Å². The molecule has 3 aromatic rings. The molecule has 1 heterocycles. The zero-order chi connectivity index (χ0) is 16.8. The number of nitrogens with two attached hydrogens (primary N) is 1. The molecule has 0 atom stereocenters. The number of carbonyl (C=O) groups is 1. The number of carbonyl (C=O) groups excluding carboxylic acids is 1. The fraction of sp³-hybridized carbons (Fsp3) is 0.0556. The molecule has 122 valence electrons. The Kier molecular flexibility index (Phi) is 4.98. The number of urea groups is 1. The molecule has 5 nitrogen and oxygen atoms in total. The standard InChI is InChI=1S/C18H17N3O2S/c19-16-11-14(23-13-5-2-1-3-6-13)8-9-17(16)21-18(22)20-12-15-7-4-10-24-15/h1-11H,12,19H2,(H2,20,21,22). The molecule has 2 amide bonds. The molecule has 0 fully saturated rings. The van der Waals surface area contributed by atoms with Crippen LogP contribution >= 0.6 is 11.3 Å². The molecule has 0 aliphatic heterocycles. The normalized spacial score (nSPS) is 10.2. The number of para-hydroxylation sites is 1. The van der Waals surface area contributed by atoms with Crippen LogP contribution in [0.1, 0.15) is 4.88 Å². The highest BCUT2D eigenvalue weighted by Gasteiger charge is 2.07. The van der Waals surface area contributed by atoms with Crippen molar-refractivity contribution in [3.05, 3.63) is 70.9 Å². The van der Waals surface area contributed by atoms with E-state index in [1.165, 1.54) is 0 Å². The van der Waals surface area contributed by atoms with Gasteiger partial charge in [0.05, 0.1) is 17.9 Å². The van der Waals surface area contributed by atoms with Crippen LogP contribution in [0.5, 0.6) is 11.5 Å². The van der Waals surface area contributed by atoms with Crippen LogP contribution in [0.15, 0.2) is 66.0 Å². The van der Waals surface area contributed by atoms with Crippen molar-refractivity contribution in [1.29, 1.82) is 0 Å². The smallest absolute Gasteiger partial charge is 0.319 e. The van der Waals surface area contributed by atoms with Crippen molar-refractivity contribution in [2.75, 3.05) is 11.1 Å². The maximum absolute atomic E-state index is 11.9. The zero-order valence-electron chi connectivity index (χ0n) is 12.9. The van der Waals surface area contributed by atoms with E-state index in [1.807, 2.05) is 47.8 Å². The van der Waals surface area contributed by atoms with E-state index in [-0.39, 0.29) is 6.03 Å². The van der Waals surface area contributed by atoms with E-state index >= 15 is 0 Å². The monoisotopic (exact) mass is 339 g/mol. The number of hydrogen-bond acceptors (Lipinski definition) is 4. The van der Waals surface area contributed by atoms with Gasteiger partial charge < -0.3 is 21.1 Å². The van der Waals surface area contributed by atoms with Gasteiger partial charge in [-0.05, 0) is 35.7 Å². The van der Waals surface area contributed by atoms with Gasteiger partial charge in [0.2, 0.25) is 0 Å². The fourth-order valence-corrected chi connectivity index (χ4v) is 2.73. The number of benzene rings is 2. The summed E-state index contributed by atoms with van der Waals surface area (Å²) in [6.45, 7) is 0.485. The molecule has 4 N–H and O–H groups in total. The lowest BCUT2D eigenvalue weighted by Crippen LogP contribution is -2.28. The van der Waals surface area contributed by atoms with Gasteiger partial charge in [-0.1, -0.05) is 24.3 Å².